The summed E-state index contributed by atoms with van der Waals surface area (Å²) in [6.07, 6.45) is 0. The minimum Gasteiger partial charge on any atom is -0.495 e. The second kappa shape index (κ2) is 9.34. The topological polar surface area (TPSA) is 80.2 Å². The van der Waals surface area contributed by atoms with Crippen LogP contribution in [0.2, 0.25) is 5.02 Å². The molecule has 1 fully saturated rings. The maximum atomic E-state index is 13.0. The number of aryl methyl sites for hydroxylation is 2. The Kier molecular flexibility index (Phi) is 7.02. The number of ether oxygens (including phenoxy) is 1. The molecule has 0 unspecified atom stereocenters. The number of hydrogen-bond donors (Lipinski definition) is 2. The Labute approximate surface area is 182 Å². The van der Waals surface area contributed by atoms with E-state index in [4.69, 9.17) is 16.3 Å². The first-order valence-electron chi connectivity index (χ1n) is 9.75. The molecule has 2 N–H and O–H groups in total. The van der Waals surface area contributed by atoms with E-state index in [2.05, 4.69) is 5.32 Å². The number of nitrogens with one attached hydrogen (secondary N) is 2. The number of carbonyl (C=O) groups excluding carboxylic acids is 1. The number of halogens is 1. The fraction of sp³-hybridized carbons (Fsp3) is 0.381. The van der Waals surface area contributed by atoms with Crippen LogP contribution < -0.4 is 15.0 Å². The van der Waals surface area contributed by atoms with Crippen molar-refractivity contribution < 1.29 is 22.8 Å². The van der Waals surface area contributed by atoms with Crippen LogP contribution in [0.5, 0.6) is 5.75 Å². The highest BCUT2D eigenvalue weighted by Gasteiger charge is 2.32. The Morgan fingerprint density at radius 1 is 1.17 bits per heavy atom. The van der Waals surface area contributed by atoms with Crippen LogP contribution in [0.3, 0.4) is 0 Å². The van der Waals surface area contributed by atoms with E-state index in [-0.39, 0.29) is 12.5 Å². The van der Waals surface area contributed by atoms with Gasteiger partial charge in [-0.25, -0.2) is 8.42 Å². The molecule has 1 heterocycles. The van der Waals surface area contributed by atoms with Gasteiger partial charge in [0.1, 0.15) is 5.75 Å². The number of rotatable bonds is 6. The molecule has 0 aromatic heterocycles. The number of piperazine rings is 1. The monoisotopic (exact) mass is 452 g/mol. The van der Waals surface area contributed by atoms with E-state index in [9.17, 15) is 13.2 Å². The number of amides is 1. The van der Waals surface area contributed by atoms with E-state index < -0.39 is 10.0 Å². The Hall–Kier alpha value is -2.13. The zero-order valence-corrected chi connectivity index (χ0v) is 18.9. The molecule has 1 aliphatic heterocycles. The highest BCUT2D eigenvalue weighted by molar-refractivity contribution is 7.89. The van der Waals surface area contributed by atoms with Gasteiger partial charge >= 0.3 is 0 Å². The summed E-state index contributed by atoms with van der Waals surface area (Å²) in [5.41, 5.74) is 2.17. The molecule has 30 heavy (non-hydrogen) atoms. The predicted octanol–water partition coefficient (Wildman–Crippen LogP) is 1.49. The molecule has 2 aromatic rings. The smallest absolute Gasteiger partial charge is 0.279 e. The molecule has 9 heteroatoms. The first kappa shape index (κ1) is 22.6. The Balaban J connectivity index is 1.60. The van der Waals surface area contributed by atoms with Crippen LogP contribution in [0.4, 0.5) is 5.69 Å². The summed E-state index contributed by atoms with van der Waals surface area (Å²) in [5, 5.41) is 3.33. The van der Waals surface area contributed by atoms with Gasteiger partial charge in [-0.05, 0) is 49.2 Å². The third-order valence-electron chi connectivity index (χ3n) is 5.24. The van der Waals surface area contributed by atoms with E-state index in [0.29, 0.717) is 47.5 Å². The number of quaternary nitrogens is 1. The summed E-state index contributed by atoms with van der Waals surface area (Å²) in [4.78, 5) is 13.9. The summed E-state index contributed by atoms with van der Waals surface area (Å²) in [5.74, 6) is 0.364. The van der Waals surface area contributed by atoms with E-state index in [0.717, 1.165) is 16.0 Å². The average Bonchev–Trinajstić information content (AvgIpc) is 2.70. The third kappa shape index (κ3) is 5.13. The lowest BCUT2D eigenvalue weighted by atomic mass is 10.2. The normalized spacial score (nSPS) is 15.7. The highest BCUT2D eigenvalue weighted by atomic mass is 35.5. The number of carbonyl (C=O) groups is 1. The van der Waals surface area contributed by atoms with Crippen molar-refractivity contribution in [1.29, 1.82) is 0 Å². The summed E-state index contributed by atoms with van der Waals surface area (Å²) in [6, 6.07) is 10.5. The summed E-state index contributed by atoms with van der Waals surface area (Å²) >= 11 is 6.00. The largest absolute Gasteiger partial charge is 0.495 e. The van der Waals surface area contributed by atoms with Crippen LogP contribution in [0, 0.1) is 13.8 Å². The molecule has 1 aliphatic rings. The number of sulfonamides is 1. The first-order chi connectivity index (χ1) is 14.2. The van der Waals surface area contributed by atoms with Gasteiger partial charge in [0.05, 0.1) is 43.9 Å². The lowest BCUT2D eigenvalue weighted by Crippen LogP contribution is -3.15. The molecule has 3 rings (SSSR count). The van der Waals surface area contributed by atoms with Gasteiger partial charge in [0, 0.05) is 5.02 Å². The summed E-state index contributed by atoms with van der Waals surface area (Å²) in [6.45, 7) is 5.80. The van der Waals surface area contributed by atoms with Gasteiger partial charge in [0.15, 0.2) is 6.54 Å². The fourth-order valence-electron chi connectivity index (χ4n) is 3.54. The van der Waals surface area contributed by atoms with Crippen molar-refractivity contribution in [1.82, 2.24) is 4.31 Å². The van der Waals surface area contributed by atoms with Crippen molar-refractivity contribution in [2.75, 3.05) is 45.2 Å². The molecule has 0 saturated carbocycles. The van der Waals surface area contributed by atoms with Crippen LogP contribution in [0.25, 0.3) is 0 Å². The minimum absolute atomic E-state index is 0.170. The maximum Gasteiger partial charge on any atom is 0.279 e. The van der Waals surface area contributed by atoms with Crippen LogP contribution in [0.15, 0.2) is 41.3 Å². The van der Waals surface area contributed by atoms with E-state index in [1.807, 2.05) is 26.0 Å². The van der Waals surface area contributed by atoms with Crippen molar-refractivity contribution in [2.24, 2.45) is 0 Å². The lowest BCUT2D eigenvalue weighted by Gasteiger charge is -2.31. The number of nitrogens with zero attached hydrogens (tertiary/aromatic N) is 1. The number of methoxy groups -OCH3 is 1. The third-order valence-corrected chi connectivity index (χ3v) is 7.51. The molecule has 7 nitrogen and oxygen atoms in total. The summed E-state index contributed by atoms with van der Waals surface area (Å²) < 4.78 is 32.8. The number of hydrogen-bond acceptors (Lipinski definition) is 4. The number of anilines is 1. The lowest BCUT2D eigenvalue weighted by molar-refractivity contribution is -0.895. The standard InChI is InChI=1S/C21H26ClN3O4S/c1-15-4-5-16(2)20(12-15)30(27,28)25-10-8-24(9-11-25)14-21(26)23-18-13-17(22)6-7-19(18)29-3/h4-7,12-13H,8-11,14H2,1-3H3,(H,23,26)/p+1. The Morgan fingerprint density at radius 2 is 1.87 bits per heavy atom. The molecule has 1 amide bonds. The highest BCUT2D eigenvalue weighted by Crippen LogP contribution is 2.27. The molecule has 162 valence electrons. The SMILES string of the molecule is COc1ccc(Cl)cc1NC(=O)C[NH+]1CCN(S(=O)(=O)c2cc(C)ccc2C)CC1. The predicted molar refractivity (Wildman–Crippen MR) is 117 cm³/mol. The van der Waals surface area contributed by atoms with Gasteiger partial charge in [-0.2, -0.15) is 4.31 Å². The Bertz CT molecular complexity index is 1030. The van der Waals surface area contributed by atoms with Gasteiger partial charge in [-0.15, -0.1) is 0 Å². The minimum atomic E-state index is -3.54. The van der Waals surface area contributed by atoms with Crippen LogP contribution in [-0.2, 0) is 14.8 Å². The zero-order valence-electron chi connectivity index (χ0n) is 17.4. The first-order valence-corrected chi connectivity index (χ1v) is 11.6. The molecule has 2 aromatic carbocycles. The molecule has 0 radical (unpaired) electrons. The Morgan fingerprint density at radius 3 is 2.53 bits per heavy atom. The fourth-order valence-corrected chi connectivity index (χ4v) is 5.47. The molecular formula is C21H27ClN3O4S+. The second-order valence-electron chi connectivity index (χ2n) is 7.49. The zero-order chi connectivity index (χ0) is 21.9. The van der Waals surface area contributed by atoms with E-state index in [1.54, 1.807) is 24.3 Å². The molecule has 1 saturated heterocycles. The maximum absolute atomic E-state index is 13.0. The van der Waals surface area contributed by atoms with Crippen molar-refractivity contribution in [3.63, 3.8) is 0 Å². The molecule has 0 aliphatic carbocycles. The molecule has 0 spiro atoms. The average molecular weight is 453 g/mol. The second-order valence-corrected chi connectivity index (χ2v) is 9.84. The van der Waals surface area contributed by atoms with E-state index in [1.165, 1.54) is 11.4 Å². The van der Waals surface area contributed by atoms with Gasteiger partial charge in [-0.3, -0.25) is 4.79 Å². The summed E-state index contributed by atoms with van der Waals surface area (Å²) in [7, 11) is -2.01. The van der Waals surface area contributed by atoms with Crippen molar-refractivity contribution in [3.8, 4) is 5.75 Å². The van der Waals surface area contributed by atoms with Crippen molar-refractivity contribution >= 4 is 33.2 Å². The molecular weight excluding hydrogens is 426 g/mol. The van der Waals surface area contributed by atoms with Crippen LogP contribution in [0.1, 0.15) is 11.1 Å². The van der Waals surface area contributed by atoms with Gasteiger partial charge in [0.2, 0.25) is 10.0 Å². The van der Waals surface area contributed by atoms with E-state index >= 15 is 0 Å². The van der Waals surface area contributed by atoms with Crippen molar-refractivity contribution in [3.05, 3.63) is 52.5 Å². The quantitative estimate of drug-likeness (QED) is 0.696. The van der Waals surface area contributed by atoms with Crippen LogP contribution >= 0.6 is 11.6 Å². The molecule has 0 atom stereocenters. The van der Waals surface area contributed by atoms with Gasteiger partial charge in [0.25, 0.3) is 5.91 Å². The van der Waals surface area contributed by atoms with Gasteiger partial charge in [-0.1, -0.05) is 23.7 Å². The number of benzene rings is 2. The van der Waals surface area contributed by atoms with Crippen molar-refractivity contribution in [2.45, 2.75) is 18.7 Å². The van der Waals surface area contributed by atoms with Crippen LogP contribution in [-0.4, -0.2) is 58.5 Å². The molecule has 0 bridgehead atoms. The van der Waals surface area contributed by atoms with Gasteiger partial charge < -0.3 is 15.0 Å².